The maximum Gasteiger partial charge on any atom is 0.323 e. The normalized spacial score (nSPS) is 13.7. The van der Waals surface area contributed by atoms with Crippen LogP contribution in [-0.2, 0) is 0 Å². The highest BCUT2D eigenvalue weighted by molar-refractivity contribution is 6.00. The number of urea groups is 1. The van der Waals surface area contributed by atoms with Crippen molar-refractivity contribution in [3.05, 3.63) is 72.4 Å². The molecule has 1 aliphatic heterocycles. The molecule has 5 rings (SSSR count). The monoisotopic (exact) mass is 541 g/mol. The molecule has 0 radical (unpaired) electrons. The Bertz CT molecular complexity index is 1480. The summed E-state index contributed by atoms with van der Waals surface area (Å²) in [5, 5.41) is 9.96. The summed E-state index contributed by atoms with van der Waals surface area (Å²) in [6.45, 7) is 4.00. The van der Waals surface area contributed by atoms with Crippen molar-refractivity contribution in [3.63, 3.8) is 0 Å². The topological polar surface area (TPSA) is 97.0 Å². The highest BCUT2D eigenvalue weighted by Gasteiger charge is 2.18. The summed E-state index contributed by atoms with van der Waals surface area (Å²) < 4.78 is 17.2. The average molecular weight is 542 g/mol. The van der Waals surface area contributed by atoms with E-state index < -0.39 is 0 Å². The van der Waals surface area contributed by atoms with E-state index in [4.69, 9.17) is 14.2 Å². The van der Waals surface area contributed by atoms with Gasteiger partial charge in [-0.25, -0.2) is 4.79 Å². The molecule has 0 unspecified atom stereocenters. The number of carbonyl (C=O) groups is 1. The molecule has 2 amide bonds. The fourth-order valence-electron chi connectivity index (χ4n) is 4.92. The first-order valence-electron chi connectivity index (χ1n) is 13.4. The smallest absolute Gasteiger partial charge is 0.323 e. The van der Waals surface area contributed by atoms with Crippen molar-refractivity contribution in [3.8, 4) is 23.0 Å². The fourth-order valence-corrected chi connectivity index (χ4v) is 4.92. The molecule has 0 spiro atoms. The van der Waals surface area contributed by atoms with Crippen LogP contribution in [-0.4, -0.2) is 51.4 Å². The standard InChI is InChI=1S/C31H35N5O4/c1-20-5-6-23(17-28(20)40-27-11-14-33-26-19-30(39-4)29(38-3)18-25(26)27)35-31(37)34-22-7-9-24(10-8-22)36-15-12-21(32-2)13-16-36/h5-11,14,17-19,21,32H,12-13,15-16H2,1-4H3,(H2,34,35,37). The van der Waals surface area contributed by atoms with Gasteiger partial charge >= 0.3 is 6.03 Å². The number of anilines is 3. The van der Waals surface area contributed by atoms with E-state index in [0.717, 1.165) is 48.1 Å². The lowest BCUT2D eigenvalue weighted by atomic mass is 10.0. The molecule has 1 saturated heterocycles. The number of benzene rings is 3. The third kappa shape index (κ3) is 6.05. The van der Waals surface area contributed by atoms with Crippen molar-refractivity contribution in [2.45, 2.75) is 25.8 Å². The number of rotatable bonds is 8. The minimum Gasteiger partial charge on any atom is -0.493 e. The molecule has 208 valence electrons. The average Bonchev–Trinajstić information content (AvgIpc) is 2.98. The molecular formula is C31H35N5O4. The van der Waals surface area contributed by atoms with Gasteiger partial charge in [0.15, 0.2) is 11.5 Å². The molecule has 0 saturated carbocycles. The van der Waals surface area contributed by atoms with Crippen LogP contribution in [0.2, 0.25) is 0 Å². The largest absolute Gasteiger partial charge is 0.493 e. The van der Waals surface area contributed by atoms with Crippen LogP contribution in [0.15, 0.2) is 66.9 Å². The zero-order valence-corrected chi connectivity index (χ0v) is 23.3. The van der Waals surface area contributed by atoms with E-state index in [-0.39, 0.29) is 6.03 Å². The maximum atomic E-state index is 12.8. The number of aryl methyl sites for hydroxylation is 1. The molecule has 0 aliphatic carbocycles. The Kier molecular flexibility index (Phi) is 8.21. The Morgan fingerprint density at radius 1 is 0.850 bits per heavy atom. The van der Waals surface area contributed by atoms with Gasteiger partial charge in [0.1, 0.15) is 11.5 Å². The molecule has 3 aromatic carbocycles. The minimum atomic E-state index is -0.330. The number of carbonyl (C=O) groups excluding carboxylic acids is 1. The van der Waals surface area contributed by atoms with Crippen molar-refractivity contribution < 1.29 is 19.0 Å². The first-order valence-corrected chi connectivity index (χ1v) is 13.4. The summed E-state index contributed by atoms with van der Waals surface area (Å²) >= 11 is 0. The minimum absolute atomic E-state index is 0.330. The van der Waals surface area contributed by atoms with Gasteiger partial charge in [0.25, 0.3) is 0 Å². The number of hydrogen-bond donors (Lipinski definition) is 3. The third-order valence-corrected chi connectivity index (χ3v) is 7.27. The van der Waals surface area contributed by atoms with Crippen molar-refractivity contribution in [1.29, 1.82) is 0 Å². The zero-order chi connectivity index (χ0) is 28.1. The zero-order valence-electron chi connectivity index (χ0n) is 23.3. The van der Waals surface area contributed by atoms with Gasteiger partial charge in [0.2, 0.25) is 0 Å². The molecular weight excluding hydrogens is 506 g/mol. The van der Waals surface area contributed by atoms with Gasteiger partial charge in [0.05, 0.1) is 19.7 Å². The molecule has 4 aromatic rings. The summed E-state index contributed by atoms with van der Waals surface area (Å²) in [5.41, 5.74) is 4.14. The fraction of sp³-hybridized carbons (Fsp3) is 0.290. The number of hydrogen-bond acceptors (Lipinski definition) is 7. The van der Waals surface area contributed by atoms with Crippen molar-refractivity contribution in [2.75, 3.05) is 49.9 Å². The number of ether oxygens (including phenoxy) is 3. The van der Waals surface area contributed by atoms with Crippen LogP contribution in [0.5, 0.6) is 23.0 Å². The van der Waals surface area contributed by atoms with E-state index in [0.29, 0.717) is 34.7 Å². The van der Waals surface area contributed by atoms with E-state index in [9.17, 15) is 4.79 Å². The summed E-state index contributed by atoms with van der Waals surface area (Å²) in [4.78, 5) is 19.6. The lowest BCUT2D eigenvalue weighted by Crippen LogP contribution is -2.41. The number of fused-ring (bicyclic) bond motifs is 1. The van der Waals surface area contributed by atoms with Gasteiger partial charge in [-0.1, -0.05) is 6.07 Å². The summed E-state index contributed by atoms with van der Waals surface area (Å²) in [5.74, 6) is 2.41. The molecule has 1 aromatic heterocycles. The van der Waals surface area contributed by atoms with Gasteiger partial charge in [-0.05, 0) is 74.8 Å². The molecule has 3 N–H and O–H groups in total. The summed E-state index contributed by atoms with van der Waals surface area (Å²) in [6.07, 6.45) is 3.94. The molecule has 9 heteroatoms. The van der Waals surface area contributed by atoms with Crippen molar-refractivity contribution in [1.82, 2.24) is 10.3 Å². The number of pyridine rings is 1. The Balaban J connectivity index is 1.26. The second-order valence-electron chi connectivity index (χ2n) is 9.79. The van der Waals surface area contributed by atoms with E-state index in [1.807, 2.05) is 50.4 Å². The number of piperidine rings is 1. The van der Waals surface area contributed by atoms with Crippen LogP contribution in [0, 0.1) is 6.92 Å². The Morgan fingerprint density at radius 3 is 2.23 bits per heavy atom. The first-order chi connectivity index (χ1) is 19.5. The van der Waals surface area contributed by atoms with E-state index in [2.05, 4.69) is 38.0 Å². The molecule has 0 bridgehead atoms. The third-order valence-electron chi connectivity index (χ3n) is 7.27. The molecule has 1 aliphatic rings. The Morgan fingerprint density at radius 2 is 1.52 bits per heavy atom. The number of nitrogens with one attached hydrogen (secondary N) is 3. The SMILES string of the molecule is CNC1CCN(c2ccc(NC(=O)Nc3ccc(C)c(Oc4ccnc5cc(OC)c(OC)cc45)c3)cc2)CC1. The van der Waals surface area contributed by atoms with Crippen LogP contribution in [0.4, 0.5) is 21.9 Å². The van der Waals surface area contributed by atoms with Gasteiger partial charge in [-0.15, -0.1) is 0 Å². The summed E-state index contributed by atoms with van der Waals surface area (Å²) in [6, 6.07) is 19.2. The molecule has 1 fully saturated rings. The predicted molar refractivity (Wildman–Crippen MR) is 159 cm³/mol. The highest BCUT2D eigenvalue weighted by Crippen LogP contribution is 2.38. The van der Waals surface area contributed by atoms with Gasteiger partial charge in [-0.3, -0.25) is 4.98 Å². The van der Waals surface area contributed by atoms with E-state index in [1.54, 1.807) is 32.5 Å². The second kappa shape index (κ2) is 12.1. The lowest BCUT2D eigenvalue weighted by molar-refractivity contribution is 0.262. The van der Waals surface area contributed by atoms with Crippen LogP contribution >= 0.6 is 0 Å². The second-order valence-corrected chi connectivity index (χ2v) is 9.79. The van der Waals surface area contributed by atoms with Crippen molar-refractivity contribution in [2.24, 2.45) is 0 Å². The first kappa shape index (κ1) is 27.1. The number of methoxy groups -OCH3 is 2. The number of aromatic nitrogens is 1. The predicted octanol–water partition coefficient (Wildman–Crippen LogP) is 6.18. The molecule has 0 atom stereocenters. The Labute approximate surface area is 234 Å². The van der Waals surface area contributed by atoms with E-state index >= 15 is 0 Å². The number of nitrogens with zero attached hydrogens (tertiary/aromatic N) is 2. The quantitative estimate of drug-likeness (QED) is 0.245. The van der Waals surface area contributed by atoms with Gasteiger partial charge in [0, 0.05) is 59.9 Å². The van der Waals surface area contributed by atoms with Crippen LogP contribution in [0.3, 0.4) is 0 Å². The lowest BCUT2D eigenvalue weighted by Gasteiger charge is -2.33. The molecule has 40 heavy (non-hydrogen) atoms. The summed E-state index contributed by atoms with van der Waals surface area (Å²) in [7, 11) is 5.20. The van der Waals surface area contributed by atoms with E-state index in [1.165, 1.54) is 5.69 Å². The van der Waals surface area contributed by atoms with Crippen LogP contribution < -0.4 is 35.1 Å². The van der Waals surface area contributed by atoms with Gasteiger partial charge < -0.3 is 35.1 Å². The van der Waals surface area contributed by atoms with Crippen molar-refractivity contribution >= 4 is 34.0 Å². The van der Waals surface area contributed by atoms with Crippen LogP contribution in [0.25, 0.3) is 10.9 Å². The molecule has 2 heterocycles. The molecule has 9 nitrogen and oxygen atoms in total. The maximum absolute atomic E-state index is 12.8. The van der Waals surface area contributed by atoms with Crippen LogP contribution in [0.1, 0.15) is 18.4 Å². The number of amides is 2. The highest BCUT2D eigenvalue weighted by atomic mass is 16.5. The Hall–Kier alpha value is -4.50. The van der Waals surface area contributed by atoms with Gasteiger partial charge in [-0.2, -0.15) is 0 Å².